The fourth-order valence-corrected chi connectivity index (χ4v) is 3.03. The maximum Gasteiger partial charge on any atom is 0.253 e. The zero-order valence-corrected chi connectivity index (χ0v) is 14.7. The molecule has 2 amide bonds. The molecule has 1 saturated carbocycles. The molecule has 1 fully saturated rings. The molecule has 130 valence electrons. The molecule has 2 atom stereocenters. The lowest BCUT2D eigenvalue weighted by atomic mass is 10.1. The van der Waals surface area contributed by atoms with Gasteiger partial charge in [-0.15, -0.1) is 0 Å². The van der Waals surface area contributed by atoms with E-state index in [9.17, 15) is 14.0 Å². The zero-order valence-electron chi connectivity index (χ0n) is 13.9. The van der Waals surface area contributed by atoms with Crippen LogP contribution in [0.3, 0.4) is 0 Å². The van der Waals surface area contributed by atoms with E-state index in [1.165, 1.54) is 23.1 Å². The van der Waals surface area contributed by atoms with Crippen molar-refractivity contribution in [2.45, 2.75) is 12.3 Å². The van der Waals surface area contributed by atoms with Crippen molar-refractivity contribution in [3.63, 3.8) is 0 Å². The summed E-state index contributed by atoms with van der Waals surface area (Å²) < 4.78 is 14.0. The molecule has 25 heavy (non-hydrogen) atoms. The average molecular weight is 361 g/mol. The Kier molecular flexibility index (Phi) is 4.77. The number of amides is 2. The molecule has 2 aromatic carbocycles. The molecule has 1 aliphatic carbocycles. The van der Waals surface area contributed by atoms with Crippen LogP contribution >= 0.6 is 11.6 Å². The highest BCUT2D eigenvalue weighted by Gasteiger charge is 2.44. The predicted molar refractivity (Wildman–Crippen MR) is 95.3 cm³/mol. The number of nitrogens with zero attached hydrogens (tertiary/aromatic N) is 1. The second kappa shape index (κ2) is 6.84. The van der Waals surface area contributed by atoms with Crippen molar-refractivity contribution in [2.75, 3.05) is 19.4 Å². The minimum absolute atomic E-state index is 0.0226. The number of hydrogen-bond acceptors (Lipinski definition) is 2. The normalized spacial score (nSPS) is 18.6. The van der Waals surface area contributed by atoms with Gasteiger partial charge in [-0.1, -0.05) is 23.7 Å². The van der Waals surface area contributed by atoms with Gasteiger partial charge in [0.25, 0.3) is 5.91 Å². The average Bonchev–Trinajstić information content (AvgIpc) is 3.37. The second-order valence-electron chi connectivity index (χ2n) is 6.39. The summed E-state index contributed by atoms with van der Waals surface area (Å²) in [6.07, 6.45) is 0.699. The number of nitrogens with one attached hydrogen (secondary N) is 1. The van der Waals surface area contributed by atoms with Crippen LogP contribution in [0.1, 0.15) is 28.3 Å². The van der Waals surface area contributed by atoms with Crippen molar-refractivity contribution >= 4 is 29.1 Å². The van der Waals surface area contributed by atoms with Crippen LogP contribution in [0, 0.1) is 11.7 Å². The highest BCUT2D eigenvalue weighted by molar-refractivity contribution is 6.30. The van der Waals surface area contributed by atoms with E-state index >= 15 is 0 Å². The van der Waals surface area contributed by atoms with E-state index < -0.39 is 5.82 Å². The Morgan fingerprint density at radius 1 is 1.20 bits per heavy atom. The fraction of sp³-hybridized carbons (Fsp3) is 0.263. The van der Waals surface area contributed by atoms with Gasteiger partial charge in [-0.2, -0.15) is 0 Å². The van der Waals surface area contributed by atoms with E-state index in [0.717, 1.165) is 5.56 Å². The summed E-state index contributed by atoms with van der Waals surface area (Å²) in [4.78, 5) is 25.8. The molecule has 0 unspecified atom stereocenters. The largest absolute Gasteiger partial charge is 0.345 e. The summed E-state index contributed by atoms with van der Waals surface area (Å²) in [6.45, 7) is 0. The Bertz CT molecular complexity index is 838. The fourth-order valence-electron chi connectivity index (χ4n) is 2.83. The molecular formula is C19H18ClFN2O2. The van der Waals surface area contributed by atoms with Gasteiger partial charge in [-0.25, -0.2) is 4.39 Å². The highest BCUT2D eigenvalue weighted by Crippen LogP contribution is 2.48. The summed E-state index contributed by atoms with van der Waals surface area (Å²) in [6, 6.07) is 11.4. The van der Waals surface area contributed by atoms with Crippen molar-refractivity contribution in [1.29, 1.82) is 0 Å². The van der Waals surface area contributed by atoms with Gasteiger partial charge >= 0.3 is 0 Å². The van der Waals surface area contributed by atoms with Crippen molar-refractivity contribution < 1.29 is 14.0 Å². The number of carbonyl (C=O) groups is 2. The van der Waals surface area contributed by atoms with Crippen LogP contribution in [0.4, 0.5) is 10.1 Å². The van der Waals surface area contributed by atoms with E-state index in [1.54, 1.807) is 20.2 Å². The lowest BCUT2D eigenvalue weighted by Gasteiger charge is -2.12. The Morgan fingerprint density at radius 3 is 2.64 bits per heavy atom. The summed E-state index contributed by atoms with van der Waals surface area (Å²) in [5, 5.41) is 3.23. The summed E-state index contributed by atoms with van der Waals surface area (Å²) in [7, 11) is 3.23. The van der Waals surface area contributed by atoms with E-state index in [0.29, 0.717) is 17.0 Å². The lowest BCUT2D eigenvalue weighted by Crippen LogP contribution is -2.22. The zero-order chi connectivity index (χ0) is 18.1. The second-order valence-corrected chi connectivity index (χ2v) is 6.82. The maximum atomic E-state index is 14.0. The molecule has 4 nitrogen and oxygen atoms in total. The lowest BCUT2D eigenvalue weighted by molar-refractivity contribution is -0.117. The van der Waals surface area contributed by atoms with E-state index in [1.807, 2.05) is 18.2 Å². The Hall–Kier alpha value is -2.40. The van der Waals surface area contributed by atoms with Crippen LogP contribution in [0.25, 0.3) is 0 Å². The van der Waals surface area contributed by atoms with Crippen molar-refractivity contribution in [2.24, 2.45) is 5.92 Å². The van der Waals surface area contributed by atoms with Crippen LogP contribution in [-0.2, 0) is 4.79 Å². The first kappa shape index (κ1) is 17.4. The molecule has 3 rings (SSSR count). The summed E-state index contributed by atoms with van der Waals surface area (Å²) in [5.41, 5.74) is 1.35. The molecule has 0 aromatic heterocycles. The third kappa shape index (κ3) is 3.82. The minimum Gasteiger partial charge on any atom is -0.345 e. The monoisotopic (exact) mass is 360 g/mol. The van der Waals surface area contributed by atoms with Crippen LogP contribution in [0.15, 0.2) is 42.5 Å². The van der Waals surface area contributed by atoms with Gasteiger partial charge in [0, 0.05) is 30.6 Å². The van der Waals surface area contributed by atoms with Gasteiger partial charge < -0.3 is 10.2 Å². The molecule has 0 spiro atoms. The standard InChI is InChI=1S/C19H18ClFN2O2/c1-23(2)19(25)12-6-7-16(21)17(9-12)22-18(24)15-10-14(15)11-4-3-5-13(20)8-11/h3-9,14-15H,10H2,1-2H3,(H,22,24)/t14-,15-/m0/s1. The Morgan fingerprint density at radius 2 is 1.96 bits per heavy atom. The van der Waals surface area contributed by atoms with E-state index in [4.69, 9.17) is 11.6 Å². The SMILES string of the molecule is CN(C)C(=O)c1ccc(F)c(NC(=O)[C@H]2C[C@H]2c2cccc(Cl)c2)c1. The number of rotatable bonds is 4. The first-order valence-corrected chi connectivity index (χ1v) is 8.32. The molecule has 0 radical (unpaired) electrons. The first-order valence-electron chi connectivity index (χ1n) is 7.94. The van der Waals surface area contributed by atoms with Gasteiger partial charge in [-0.05, 0) is 48.2 Å². The molecular weight excluding hydrogens is 343 g/mol. The van der Waals surface area contributed by atoms with Crippen LogP contribution < -0.4 is 5.32 Å². The molecule has 1 aliphatic rings. The molecule has 0 aliphatic heterocycles. The molecule has 0 saturated heterocycles. The summed E-state index contributed by atoms with van der Waals surface area (Å²) >= 11 is 5.98. The summed E-state index contributed by atoms with van der Waals surface area (Å²) in [5.74, 6) is -1.19. The third-order valence-electron chi connectivity index (χ3n) is 4.28. The van der Waals surface area contributed by atoms with Gasteiger partial charge in [0.1, 0.15) is 5.82 Å². The smallest absolute Gasteiger partial charge is 0.253 e. The van der Waals surface area contributed by atoms with Crippen LogP contribution in [0.2, 0.25) is 5.02 Å². The van der Waals surface area contributed by atoms with Gasteiger partial charge in [-0.3, -0.25) is 9.59 Å². The van der Waals surface area contributed by atoms with Crippen LogP contribution in [-0.4, -0.2) is 30.8 Å². The van der Waals surface area contributed by atoms with Crippen molar-refractivity contribution in [3.05, 3.63) is 64.4 Å². The number of carbonyl (C=O) groups excluding carboxylic acids is 2. The maximum absolute atomic E-state index is 14.0. The third-order valence-corrected chi connectivity index (χ3v) is 4.52. The van der Waals surface area contributed by atoms with Gasteiger partial charge in [0.05, 0.1) is 5.69 Å². The van der Waals surface area contributed by atoms with Crippen LogP contribution in [0.5, 0.6) is 0 Å². The van der Waals surface area contributed by atoms with Crippen molar-refractivity contribution in [3.8, 4) is 0 Å². The van der Waals surface area contributed by atoms with E-state index in [-0.39, 0.29) is 29.3 Å². The first-order chi connectivity index (χ1) is 11.9. The minimum atomic E-state index is -0.566. The molecule has 6 heteroatoms. The quantitative estimate of drug-likeness (QED) is 0.898. The van der Waals surface area contributed by atoms with E-state index in [2.05, 4.69) is 5.32 Å². The molecule has 2 aromatic rings. The number of anilines is 1. The molecule has 0 bridgehead atoms. The Balaban J connectivity index is 1.72. The molecule has 1 N–H and O–H groups in total. The Labute approximate surface area is 150 Å². The topological polar surface area (TPSA) is 49.4 Å². The number of benzene rings is 2. The van der Waals surface area contributed by atoms with Gasteiger partial charge in [0.2, 0.25) is 5.91 Å². The predicted octanol–water partition coefficient (Wildman–Crippen LogP) is 3.92. The van der Waals surface area contributed by atoms with Crippen molar-refractivity contribution in [1.82, 2.24) is 4.90 Å². The number of halogens is 2. The highest BCUT2D eigenvalue weighted by atomic mass is 35.5. The molecule has 0 heterocycles. The van der Waals surface area contributed by atoms with Gasteiger partial charge in [0.15, 0.2) is 0 Å². The number of hydrogen-bond donors (Lipinski definition) is 1.